The first-order chi connectivity index (χ1) is 16.9. The minimum atomic E-state index is -1.92. The number of aromatic amines is 1. The molecule has 1 saturated heterocycles. The molecule has 8 heteroatoms. The highest BCUT2D eigenvalue weighted by Crippen LogP contribution is 2.58. The average molecular weight is 467 g/mol. The molecular weight excluding hydrogens is 446 g/mol. The normalized spacial score (nSPS) is 25.5. The number of hydrogen-bond donors (Lipinski definition) is 3. The van der Waals surface area contributed by atoms with E-state index in [1.165, 1.54) is 7.11 Å². The Morgan fingerprint density at radius 3 is 2.46 bits per heavy atom. The lowest BCUT2D eigenvalue weighted by atomic mass is 9.89. The van der Waals surface area contributed by atoms with Gasteiger partial charge < -0.3 is 33.8 Å². The Morgan fingerprint density at radius 2 is 1.71 bits per heavy atom. The van der Waals surface area contributed by atoms with Crippen LogP contribution in [0.4, 0.5) is 0 Å². The van der Waals surface area contributed by atoms with Crippen molar-refractivity contribution in [3.05, 3.63) is 54.7 Å². The molecule has 5 heterocycles. The third kappa shape index (κ3) is 1.87. The van der Waals surface area contributed by atoms with E-state index < -0.39 is 23.5 Å². The molecule has 0 aliphatic carbocycles. The number of H-pyrrole nitrogens is 1. The first-order valence-electron chi connectivity index (χ1n) is 11.6. The number of aliphatic hydroxyl groups is 1. The molecule has 2 aliphatic rings. The lowest BCUT2D eigenvalue weighted by Crippen LogP contribution is -2.56. The number of carbonyl (C=O) groups is 1. The predicted octanol–water partition coefficient (Wildman–Crippen LogP) is 4.60. The van der Waals surface area contributed by atoms with Crippen LogP contribution in [0.15, 0.2) is 54.7 Å². The van der Waals surface area contributed by atoms with Gasteiger partial charge in [0.15, 0.2) is 11.6 Å². The molecule has 2 bridgehead atoms. The molecule has 2 aliphatic heterocycles. The van der Waals surface area contributed by atoms with Crippen LogP contribution in [0.1, 0.15) is 19.6 Å². The average Bonchev–Trinajstić information content (AvgIpc) is 3.55. The Labute approximate surface area is 197 Å². The number of rotatable bonds is 1. The number of benzene rings is 3. The number of nitrogens with zero attached hydrogens (tertiary/aromatic N) is 2. The van der Waals surface area contributed by atoms with E-state index in [1.807, 2.05) is 59.3 Å². The van der Waals surface area contributed by atoms with Gasteiger partial charge in [0.25, 0.3) is 0 Å². The zero-order chi connectivity index (χ0) is 23.9. The van der Waals surface area contributed by atoms with E-state index in [0.717, 1.165) is 54.4 Å². The first-order valence-corrected chi connectivity index (χ1v) is 11.6. The van der Waals surface area contributed by atoms with Gasteiger partial charge in [0.05, 0.1) is 34.6 Å². The van der Waals surface area contributed by atoms with Gasteiger partial charge in [-0.15, -0.1) is 0 Å². The molecule has 1 fully saturated rings. The second kappa shape index (κ2) is 5.79. The number of carbonyl (C=O) groups excluding carboxylic acids is 1. The molecule has 6 aromatic rings. The Morgan fingerprint density at radius 1 is 1.03 bits per heavy atom. The van der Waals surface area contributed by atoms with Gasteiger partial charge in [0.1, 0.15) is 6.23 Å². The van der Waals surface area contributed by atoms with Gasteiger partial charge in [-0.3, -0.25) is 0 Å². The lowest BCUT2D eigenvalue weighted by molar-refractivity contribution is -0.202. The highest BCUT2D eigenvalue weighted by atomic mass is 16.6. The van der Waals surface area contributed by atoms with Crippen LogP contribution in [0.5, 0.6) is 5.88 Å². The molecule has 0 saturated carbocycles. The van der Waals surface area contributed by atoms with Crippen LogP contribution < -0.4 is 0 Å². The summed E-state index contributed by atoms with van der Waals surface area (Å²) in [5.41, 5.74) is 0.103. The van der Waals surface area contributed by atoms with Gasteiger partial charge in [-0.25, -0.2) is 4.79 Å². The standard InChI is InChI=1S/C27H21N3O5/c1-26-27(33,25(32)34-2)11-18(35-26)29-16-9-5-3-7-13(16)20-21-15(12-28-24(21)31)19-14-8-4-6-10-17(14)30(26)23(19)22(20)29/h3-10,12,18,28,31,33H,11H2,1-2H3/t18-,26+,27+/m0/s1. The van der Waals surface area contributed by atoms with E-state index in [4.69, 9.17) is 9.47 Å². The maximum Gasteiger partial charge on any atom is 0.343 e. The summed E-state index contributed by atoms with van der Waals surface area (Å²) in [6.45, 7) is 1.76. The van der Waals surface area contributed by atoms with Crippen molar-refractivity contribution in [2.24, 2.45) is 0 Å². The number of hydrogen-bond acceptors (Lipinski definition) is 5. The van der Waals surface area contributed by atoms with Crippen LogP contribution in [0.25, 0.3) is 54.4 Å². The number of fused-ring (bicyclic) bond motifs is 13. The summed E-state index contributed by atoms with van der Waals surface area (Å²) in [5.74, 6) is -0.626. The number of para-hydroxylation sites is 2. The van der Waals surface area contributed by atoms with Crippen LogP contribution >= 0.6 is 0 Å². The van der Waals surface area contributed by atoms with Crippen LogP contribution in [-0.2, 0) is 20.0 Å². The molecule has 0 unspecified atom stereocenters. The van der Waals surface area contributed by atoms with E-state index in [-0.39, 0.29) is 12.3 Å². The number of esters is 1. The van der Waals surface area contributed by atoms with E-state index >= 15 is 0 Å². The number of aromatic hydroxyl groups is 1. The summed E-state index contributed by atoms with van der Waals surface area (Å²) in [5, 5.41) is 28.3. The summed E-state index contributed by atoms with van der Waals surface area (Å²) < 4.78 is 15.8. The van der Waals surface area contributed by atoms with Crippen molar-refractivity contribution in [3.8, 4) is 5.88 Å². The van der Waals surface area contributed by atoms with E-state index in [2.05, 4.69) is 9.55 Å². The summed E-state index contributed by atoms with van der Waals surface area (Å²) in [4.78, 5) is 16.2. The van der Waals surface area contributed by atoms with Crippen molar-refractivity contribution in [2.75, 3.05) is 7.11 Å². The molecule has 3 N–H and O–H groups in total. The summed E-state index contributed by atoms with van der Waals surface area (Å²) in [6.07, 6.45) is 1.21. The SMILES string of the molecule is COC(=O)[C@]1(O)C[C@@H]2O[C@@]1(C)n1c3ccccc3c3c4c[nH]c(O)c4c4c5ccccc5n2c4c31. The molecule has 0 radical (unpaired) electrons. The van der Waals surface area contributed by atoms with Crippen molar-refractivity contribution in [2.45, 2.75) is 30.9 Å². The van der Waals surface area contributed by atoms with Crippen molar-refractivity contribution >= 4 is 60.4 Å². The molecule has 0 amide bonds. The third-order valence-corrected chi connectivity index (χ3v) is 8.23. The zero-order valence-corrected chi connectivity index (χ0v) is 19.0. The van der Waals surface area contributed by atoms with Crippen LogP contribution in [0.3, 0.4) is 0 Å². The van der Waals surface area contributed by atoms with Crippen molar-refractivity contribution in [1.29, 1.82) is 0 Å². The maximum atomic E-state index is 13.1. The molecule has 8 nitrogen and oxygen atoms in total. The van der Waals surface area contributed by atoms with Crippen molar-refractivity contribution in [3.63, 3.8) is 0 Å². The van der Waals surface area contributed by atoms with Gasteiger partial charge >= 0.3 is 5.97 Å². The molecule has 3 aromatic heterocycles. The topological polar surface area (TPSA) is 102 Å². The Bertz CT molecular complexity index is 1930. The maximum absolute atomic E-state index is 13.1. The minimum Gasteiger partial charge on any atom is -0.494 e. The van der Waals surface area contributed by atoms with Crippen LogP contribution in [0, 0.1) is 0 Å². The number of ether oxygens (including phenoxy) is 2. The fourth-order valence-electron chi connectivity index (χ4n) is 6.76. The van der Waals surface area contributed by atoms with E-state index in [1.54, 1.807) is 6.92 Å². The fourth-order valence-corrected chi connectivity index (χ4v) is 6.76. The number of methoxy groups -OCH3 is 1. The summed E-state index contributed by atoms with van der Waals surface area (Å²) in [6, 6.07) is 15.8. The van der Waals surface area contributed by atoms with Gasteiger partial charge in [-0.2, -0.15) is 0 Å². The highest BCUT2D eigenvalue weighted by Gasteiger charge is 2.65. The molecule has 3 atom stereocenters. The molecule has 35 heavy (non-hydrogen) atoms. The smallest absolute Gasteiger partial charge is 0.343 e. The van der Waals surface area contributed by atoms with Gasteiger partial charge in [-0.1, -0.05) is 36.4 Å². The quantitative estimate of drug-likeness (QED) is 0.307. The van der Waals surface area contributed by atoms with Crippen LogP contribution in [0.2, 0.25) is 0 Å². The molecule has 174 valence electrons. The predicted molar refractivity (Wildman–Crippen MR) is 131 cm³/mol. The fraction of sp³-hybridized carbons (Fsp3) is 0.222. The van der Waals surface area contributed by atoms with Crippen molar-refractivity contribution in [1.82, 2.24) is 14.1 Å². The van der Waals surface area contributed by atoms with Gasteiger partial charge in [-0.05, 0) is 19.1 Å². The summed E-state index contributed by atoms with van der Waals surface area (Å²) in [7, 11) is 1.28. The second-order valence-electron chi connectivity index (χ2n) is 9.72. The lowest BCUT2D eigenvalue weighted by Gasteiger charge is -2.37. The van der Waals surface area contributed by atoms with Gasteiger partial charge in [0.2, 0.25) is 5.60 Å². The Kier molecular flexibility index (Phi) is 3.19. The number of aromatic nitrogens is 3. The first kappa shape index (κ1) is 19.3. The highest BCUT2D eigenvalue weighted by molar-refractivity contribution is 6.37. The largest absolute Gasteiger partial charge is 0.494 e. The Hall–Kier alpha value is -4.01. The third-order valence-electron chi connectivity index (χ3n) is 8.23. The molecular formula is C27H21N3O5. The zero-order valence-electron chi connectivity index (χ0n) is 19.0. The van der Waals surface area contributed by atoms with Crippen LogP contribution in [-0.4, -0.2) is 43.0 Å². The second-order valence-corrected chi connectivity index (χ2v) is 9.72. The molecule has 8 rings (SSSR count). The van der Waals surface area contributed by atoms with Gasteiger partial charge in [0, 0.05) is 39.5 Å². The Balaban J connectivity index is 1.76. The summed E-state index contributed by atoms with van der Waals surface area (Å²) >= 11 is 0. The molecule has 3 aromatic carbocycles. The number of nitrogens with one attached hydrogen (secondary N) is 1. The van der Waals surface area contributed by atoms with E-state index in [0.29, 0.717) is 0 Å². The monoisotopic (exact) mass is 467 g/mol. The van der Waals surface area contributed by atoms with Crippen molar-refractivity contribution < 1.29 is 24.5 Å². The minimum absolute atomic E-state index is 0.0224. The van der Waals surface area contributed by atoms with E-state index in [9.17, 15) is 15.0 Å². The molecule has 0 spiro atoms.